The van der Waals surface area contributed by atoms with E-state index >= 15 is 0 Å². The predicted octanol–water partition coefficient (Wildman–Crippen LogP) is 4.86. The van der Waals surface area contributed by atoms with E-state index in [0.717, 1.165) is 4.90 Å². The van der Waals surface area contributed by atoms with E-state index in [4.69, 9.17) is 9.47 Å². The standard InChI is InChI=1S/C23H32F2N2O6S/c1-22(2,3)32-20(29)26-13-16(34)11-17(26)18(28)27(21(30)33-23(4,5)6)12-14-7-9-15(10-8-14)31-19(24)25/h7-10,16-17,19,34H,11-13H2,1-6H3/t16-,17-/m0/s1. The van der Waals surface area contributed by atoms with Crippen molar-refractivity contribution in [3.63, 3.8) is 0 Å². The third-order valence-corrected chi connectivity index (χ3v) is 4.94. The van der Waals surface area contributed by atoms with Gasteiger partial charge in [-0.05, 0) is 65.7 Å². The van der Waals surface area contributed by atoms with Gasteiger partial charge in [0.05, 0.1) is 6.54 Å². The first-order chi connectivity index (χ1) is 15.6. The van der Waals surface area contributed by atoms with E-state index in [-0.39, 0.29) is 30.5 Å². The molecule has 0 N–H and O–H groups in total. The monoisotopic (exact) mass is 502 g/mol. The number of halogens is 2. The van der Waals surface area contributed by atoms with Gasteiger partial charge >= 0.3 is 18.8 Å². The number of hydrogen-bond donors (Lipinski definition) is 1. The fourth-order valence-electron chi connectivity index (χ4n) is 3.26. The van der Waals surface area contributed by atoms with Crippen molar-refractivity contribution in [2.24, 2.45) is 0 Å². The number of carbonyl (C=O) groups is 3. The summed E-state index contributed by atoms with van der Waals surface area (Å²) >= 11 is 4.43. The molecule has 3 amide bonds. The molecule has 0 radical (unpaired) electrons. The summed E-state index contributed by atoms with van der Waals surface area (Å²) in [5.74, 6) is -0.705. The minimum Gasteiger partial charge on any atom is -0.444 e. The largest absolute Gasteiger partial charge is 0.444 e. The second-order valence-corrected chi connectivity index (χ2v) is 10.7. The lowest BCUT2D eigenvalue weighted by molar-refractivity contribution is -0.135. The average Bonchev–Trinajstić information content (AvgIpc) is 3.05. The molecule has 11 heteroatoms. The molecule has 0 aliphatic carbocycles. The van der Waals surface area contributed by atoms with E-state index in [9.17, 15) is 23.2 Å². The summed E-state index contributed by atoms with van der Waals surface area (Å²) in [7, 11) is 0. The normalized spacial score (nSPS) is 18.6. The number of thiol groups is 1. The van der Waals surface area contributed by atoms with Gasteiger partial charge in [0, 0.05) is 11.8 Å². The Bertz CT molecular complexity index is 883. The van der Waals surface area contributed by atoms with Crippen molar-refractivity contribution in [2.45, 2.75) is 83.6 Å². The van der Waals surface area contributed by atoms with Gasteiger partial charge in [-0.3, -0.25) is 9.69 Å². The highest BCUT2D eigenvalue weighted by molar-refractivity contribution is 7.81. The zero-order valence-corrected chi connectivity index (χ0v) is 21.1. The van der Waals surface area contributed by atoms with Gasteiger partial charge in [0.15, 0.2) is 0 Å². The SMILES string of the molecule is CC(C)(C)OC(=O)N(Cc1ccc(OC(F)F)cc1)C(=O)[C@@H]1C[C@H](S)CN1C(=O)OC(C)(C)C. The van der Waals surface area contributed by atoms with Crippen molar-refractivity contribution in [3.8, 4) is 5.75 Å². The Morgan fingerprint density at radius 3 is 2.12 bits per heavy atom. The number of benzene rings is 1. The molecule has 1 aromatic carbocycles. The zero-order chi connectivity index (χ0) is 25.8. The molecule has 0 unspecified atom stereocenters. The molecular formula is C23H32F2N2O6S. The number of likely N-dealkylation sites (tertiary alicyclic amines) is 1. The predicted molar refractivity (Wildman–Crippen MR) is 124 cm³/mol. The molecule has 0 aromatic heterocycles. The molecule has 1 fully saturated rings. The number of hydrogen-bond acceptors (Lipinski definition) is 7. The highest BCUT2D eigenvalue weighted by Gasteiger charge is 2.44. The van der Waals surface area contributed by atoms with Crippen molar-refractivity contribution in [1.29, 1.82) is 0 Å². The molecule has 1 aliphatic heterocycles. The minimum absolute atomic E-state index is 0.0568. The van der Waals surface area contributed by atoms with Crippen LogP contribution in [0.3, 0.4) is 0 Å². The molecule has 1 aliphatic rings. The summed E-state index contributed by atoms with van der Waals surface area (Å²) in [6.45, 7) is 7.14. The summed E-state index contributed by atoms with van der Waals surface area (Å²) in [5, 5.41) is -0.285. The number of nitrogens with zero attached hydrogens (tertiary/aromatic N) is 2. The van der Waals surface area contributed by atoms with E-state index < -0.39 is 41.9 Å². The molecule has 0 spiro atoms. The van der Waals surface area contributed by atoms with Gasteiger partial charge in [-0.15, -0.1) is 0 Å². The summed E-state index contributed by atoms with van der Waals surface area (Å²) in [5.41, 5.74) is -1.17. The molecule has 2 atom stereocenters. The first-order valence-corrected chi connectivity index (χ1v) is 11.3. The summed E-state index contributed by atoms with van der Waals surface area (Å²) < 4.78 is 40.0. The van der Waals surface area contributed by atoms with Crippen molar-refractivity contribution >= 4 is 30.7 Å². The maximum Gasteiger partial charge on any atom is 0.417 e. The topological polar surface area (TPSA) is 85.4 Å². The highest BCUT2D eigenvalue weighted by atomic mass is 32.1. The van der Waals surface area contributed by atoms with Gasteiger partial charge < -0.3 is 14.2 Å². The van der Waals surface area contributed by atoms with Gasteiger partial charge in [0.25, 0.3) is 5.91 Å². The Morgan fingerprint density at radius 2 is 1.62 bits per heavy atom. The van der Waals surface area contributed by atoms with Gasteiger partial charge in [0.2, 0.25) is 0 Å². The van der Waals surface area contributed by atoms with Gasteiger partial charge in [-0.1, -0.05) is 12.1 Å². The Balaban J connectivity index is 2.30. The van der Waals surface area contributed by atoms with Gasteiger partial charge in [-0.2, -0.15) is 21.4 Å². The van der Waals surface area contributed by atoms with Gasteiger partial charge in [-0.25, -0.2) is 14.5 Å². The molecule has 1 aromatic rings. The summed E-state index contributed by atoms with van der Waals surface area (Å²) in [6.07, 6.45) is -1.35. The molecule has 1 heterocycles. The van der Waals surface area contributed by atoms with E-state index in [1.807, 2.05) is 0 Å². The summed E-state index contributed by atoms with van der Waals surface area (Å²) in [6, 6.07) is 4.57. The van der Waals surface area contributed by atoms with Crippen LogP contribution < -0.4 is 4.74 Å². The van der Waals surface area contributed by atoms with Crippen LogP contribution in [0.2, 0.25) is 0 Å². The molecule has 190 valence electrons. The molecule has 8 nitrogen and oxygen atoms in total. The molecule has 0 bridgehead atoms. The number of carbonyl (C=O) groups excluding carboxylic acids is 3. The lowest BCUT2D eigenvalue weighted by atomic mass is 10.1. The number of alkyl halides is 2. The zero-order valence-electron chi connectivity index (χ0n) is 20.2. The first-order valence-electron chi connectivity index (χ1n) is 10.8. The van der Waals surface area contributed by atoms with E-state index in [1.54, 1.807) is 41.5 Å². The van der Waals surface area contributed by atoms with Crippen LogP contribution in [0.25, 0.3) is 0 Å². The smallest absolute Gasteiger partial charge is 0.417 e. The molecule has 1 saturated heterocycles. The van der Waals surface area contributed by atoms with Crippen LogP contribution in [-0.4, -0.2) is 63.5 Å². The Morgan fingerprint density at radius 1 is 1.06 bits per heavy atom. The third kappa shape index (κ3) is 8.34. The highest BCUT2D eigenvalue weighted by Crippen LogP contribution is 2.27. The number of imide groups is 1. The maximum absolute atomic E-state index is 13.5. The first kappa shape index (κ1) is 27.7. The Kier molecular flexibility index (Phi) is 8.79. The van der Waals surface area contributed by atoms with Crippen molar-refractivity contribution in [2.75, 3.05) is 6.54 Å². The maximum atomic E-state index is 13.5. The van der Waals surface area contributed by atoms with E-state index in [1.165, 1.54) is 29.2 Å². The van der Waals surface area contributed by atoms with Crippen LogP contribution in [0.5, 0.6) is 5.75 Å². The quantitative estimate of drug-likeness (QED) is 0.579. The second-order valence-electron chi connectivity index (χ2n) is 9.97. The average molecular weight is 503 g/mol. The van der Waals surface area contributed by atoms with Crippen LogP contribution in [0.15, 0.2) is 24.3 Å². The van der Waals surface area contributed by atoms with Crippen molar-refractivity contribution in [1.82, 2.24) is 9.80 Å². The fourth-order valence-corrected chi connectivity index (χ4v) is 3.63. The molecular weight excluding hydrogens is 470 g/mol. The van der Waals surface area contributed by atoms with Crippen molar-refractivity contribution < 1.29 is 37.4 Å². The van der Waals surface area contributed by atoms with Crippen LogP contribution in [0.1, 0.15) is 53.5 Å². The Labute approximate surface area is 203 Å². The minimum atomic E-state index is -2.97. The second kappa shape index (κ2) is 10.8. The fraction of sp³-hybridized carbons (Fsp3) is 0.609. The number of ether oxygens (including phenoxy) is 3. The molecule has 34 heavy (non-hydrogen) atoms. The number of amides is 3. The van der Waals surface area contributed by atoms with Crippen LogP contribution >= 0.6 is 12.6 Å². The van der Waals surface area contributed by atoms with Crippen molar-refractivity contribution in [3.05, 3.63) is 29.8 Å². The van der Waals surface area contributed by atoms with E-state index in [0.29, 0.717) is 5.56 Å². The number of rotatable bonds is 5. The molecule has 0 saturated carbocycles. The van der Waals surface area contributed by atoms with Crippen LogP contribution in [0, 0.1) is 0 Å². The van der Waals surface area contributed by atoms with Crippen LogP contribution in [-0.2, 0) is 20.8 Å². The van der Waals surface area contributed by atoms with E-state index in [2.05, 4.69) is 17.4 Å². The third-order valence-electron chi connectivity index (χ3n) is 4.56. The molecule has 2 rings (SSSR count). The lowest BCUT2D eigenvalue weighted by Crippen LogP contribution is -2.51. The lowest BCUT2D eigenvalue weighted by Gasteiger charge is -2.32. The van der Waals surface area contributed by atoms with Gasteiger partial charge in [0.1, 0.15) is 23.0 Å². The summed E-state index contributed by atoms with van der Waals surface area (Å²) in [4.78, 5) is 41.4. The Hall–Kier alpha value is -2.56. The van der Waals surface area contributed by atoms with Crippen LogP contribution in [0.4, 0.5) is 18.4 Å².